The number of aryl methyl sites for hydroxylation is 1. The molecule has 0 radical (unpaired) electrons. The Morgan fingerprint density at radius 2 is 2.19 bits per heavy atom. The molecule has 0 bridgehead atoms. The highest BCUT2D eigenvalue weighted by molar-refractivity contribution is 5.93. The van der Waals surface area contributed by atoms with Crippen molar-refractivity contribution in [2.45, 2.75) is 38.8 Å². The number of benzene rings is 1. The van der Waals surface area contributed by atoms with Gasteiger partial charge in [-0.1, -0.05) is 6.07 Å². The van der Waals surface area contributed by atoms with E-state index in [4.69, 9.17) is 5.73 Å². The van der Waals surface area contributed by atoms with Crippen molar-refractivity contribution in [3.63, 3.8) is 0 Å². The van der Waals surface area contributed by atoms with Gasteiger partial charge in [-0.3, -0.25) is 4.79 Å². The Morgan fingerprint density at radius 1 is 1.38 bits per heavy atom. The zero-order valence-electron chi connectivity index (χ0n) is 12.5. The van der Waals surface area contributed by atoms with Crippen LogP contribution in [0.4, 0.5) is 5.69 Å². The van der Waals surface area contributed by atoms with Gasteiger partial charge < -0.3 is 15.6 Å². The first-order chi connectivity index (χ1) is 10.1. The number of nitrogens with two attached hydrogens (primary N) is 1. The lowest BCUT2D eigenvalue weighted by molar-refractivity contribution is 0.0926. The molecule has 0 saturated heterocycles. The monoisotopic (exact) mass is 283 g/mol. The van der Waals surface area contributed by atoms with E-state index in [0.717, 1.165) is 18.5 Å². The standard InChI is InChI=1S/C17H21N3O/c1-11(2)20-9-3-4-16(20)17(21)19-15-8-5-12-10-13(18)6-7-14(12)15/h3-4,6-7,9-11,15H,5,8,18H2,1-2H3,(H,19,21). The van der Waals surface area contributed by atoms with Gasteiger partial charge in [0.15, 0.2) is 0 Å². The quantitative estimate of drug-likeness (QED) is 0.850. The van der Waals surface area contributed by atoms with E-state index in [-0.39, 0.29) is 18.0 Å². The van der Waals surface area contributed by atoms with Crippen LogP contribution in [0.25, 0.3) is 0 Å². The molecule has 1 aromatic heterocycles. The van der Waals surface area contributed by atoms with E-state index in [0.29, 0.717) is 5.69 Å². The number of nitrogens with zero attached hydrogens (tertiary/aromatic N) is 1. The minimum atomic E-state index is -0.0108. The van der Waals surface area contributed by atoms with Gasteiger partial charge in [-0.2, -0.15) is 0 Å². The molecule has 1 aliphatic carbocycles. The van der Waals surface area contributed by atoms with Crippen LogP contribution < -0.4 is 11.1 Å². The predicted molar refractivity (Wildman–Crippen MR) is 84.2 cm³/mol. The molecule has 1 heterocycles. The van der Waals surface area contributed by atoms with Gasteiger partial charge in [0.1, 0.15) is 5.69 Å². The Kier molecular flexibility index (Phi) is 3.45. The van der Waals surface area contributed by atoms with Crippen LogP contribution in [0.2, 0.25) is 0 Å². The van der Waals surface area contributed by atoms with E-state index in [1.165, 1.54) is 11.1 Å². The fourth-order valence-electron chi connectivity index (χ4n) is 3.06. The Morgan fingerprint density at radius 3 is 2.95 bits per heavy atom. The Bertz CT molecular complexity index is 672. The minimum Gasteiger partial charge on any atom is -0.399 e. The Balaban J connectivity index is 1.80. The van der Waals surface area contributed by atoms with Gasteiger partial charge in [0.05, 0.1) is 6.04 Å². The molecule has 1 aliphatic rings. The summed E-state index contributed by atoms with van der Waals surface area (Å²) in [4.78, 5) is 12.5. The molecular formula is C17H21N3O. The first kappa shape index (κ1) is 13.7. The van der Waals surface area contributed by atoms with Crippen LogP contribution in [-0.4, -0.2) is 10.5 Å². The molecular weight excluding hydrogens is 262 g/mol. The van der Waals surface area contributed by atoms with E-state index in [9.17, 15) is 4.79 Å². The van der Waals surface area contributed by atoms with Crippen molar-refractivity contribution >= 4 is 11.6 Å². The van der Waals surface area contributed by atoms with E-state index < -0.39 is 0 Å². The van der Waals surface area contributed by atoms with Crippen LogP contribution >= 0.6 is 0 Å². The van der Waals surface area contributed by atoms with Crippen LogP contribution in [0, 0.1) is 0 Å². The van der Waals surface area contributed by atoms with Gasteiger partial charge in [0.25, 0.3) is 5.91 Å². The summed E-state index contributed by atoms with van der Waals surface area (Å²) in [6, 6.07) is 10.1. The second-order valence-corrected chi connectivity index (χ2v) is 5.92. The van der Waals surface area contributed by atoms with E-state index in [2.05, 4.69) is 19.2 Å². The normalized spacial score (nSPS) is 17.0. The van der Waals surface area contributed by atoms with Crippen molar-refractivity contribution in [1.29, 1.82) is 0 Å². The van der Waals surface area contributed by atoms with Gasteiger partial charge in [0.2, 0.25) is 0 Å². The summed E-state index contributed by atoms with van der Waals surface area (Å²) in [6.07, 6.45) is 3.85. The van der Waals surface area contributed by atoms with Crippen LogP contribution in [0.1, 0.15) is 54.0 Å². The number of carbonyl (C=O) groups is 1. The summed E-state index contributed by atoms with van der Waals surface area (Å²) in [5.74, 6) is -0.0108. The summed E-state index contributed by atoms with van der Waals surface area (Å²) in [6.45, 7) is 4.15. The second kappa shape index (κ2) is 5.28. The zero-order valence-corrected chi connectivity index (χ0v) is 12.5. The average molecular weight is 283 g/mol. The molecule has 3 N–H and O–H groups in total. The molecule has 1 unspecified atom stereocenters. The molecule has 2 aromatic rings. The van der Waals surface area contributed by atoms with E-state index >= 15 is 0 Å². The number of nitrogen functional groups attached to an aromatic ring is 1. The highest BCUT2D eigenvalue weighted by atomic mass is 16.2. The van der Waals surface area contributed by atoms with Gasteiger partial charge in [-0.05, 0) is 62.1 Å². The molecule has 0 aliphatic heterocycles. The average Bonchev–Trinajstić information content (AvgIpc) is 3.05. The van der Waals surface area contributed by atoms with E-state index in [1.807, 2.05) is 41.1 Å². The van der Waals surface area contributed by atoms with Crippen molar-refractivity contribution in [3.05, 3.63) is 53.3 Å². The van der Waals surface area contributed by atoms with Gasteiger partial charge in [0, 0.05) is 17.9 Å². The minimum absolute atomic E-state index is 0.0108. The van der Waals surface area contributed by atoms with Crippen molar-refractivity contribution in [1.82, 2.24) is 9.88 Å². The molecule has 0 saturated carbocycles. The molecule has 0 fully saturated rings. The largest absolute Gasteiger partial charge is 0.399 e. The summed E-state index contributed by atoms with van der Waals surface area (Å²) < 4.78 is 1.99. The Hall–Kier alpha value is -2.23. The number of rotatable bonds is 3. The number of carbonyl (C=O) groups excluding carboxylic acids is 1. The van der Waals surface area contributed by atoms with Crippen molar-refractivity contribution < 1.29 is 4.79 Å². The summed E-state index contributed by atoms with van der Waals surface area (Å²) >= 11 is 0. The molecule has 4 heteroatoms. The van der Waals surface area contributed by atoms with E-state index in [1.54, 1.807) is 0 Å². The molecule has 21 heavy (non-hydrogen) atoms. The first-order valence-corrected chi connectivity index (χ1v) is 7.42. The second-order valence-electron chi connectivity index (χ2n) is 5.92. The number of fused-ring (bicyclic) bond motifs is 1. The van der Waals surface area contributed by atoms with Crippen LogP contribution in [0.5, 0.6) is 0 Å². The molecule has 4 nitrogen and oxygen atoms in total. The third-order valence-electron chi connectivity index (χ3n) is 4.12. The topological polar surface area (TPSA) is 60.0 Å². The number of hydrogen-bond donors (Lipinski definition) is 2. The lowest BCUT2D eigenvalue weighted by atomic mass is 10.1. The lowest BCUT2D eigenvalue weighted by Crippen LogP contribution is -2.29. The molecule has 0 spiro atoms. The van der Waals surface area contributed by atoms with Crippen molar-refractivity contribution in [3.8, 4) is 0 Å². The summed E-state index contributed by atoms with van der Waals surface area (Å²) in [5, 5.41) is 3.15. The third-order valence-corrected chi connectivity index (χ3v) is 4.12. The lowest BCUT2D eigenvalue weighted by Gasteiger charge is -2.17. The molecule has 3 rings (SSSR count). The molecule has 110 valence electrons. The van der Waals surface area contributed by atoms with Crippen LogP contribution in [0.15, 0.2) is 36.5 Å². The zero-order chi connectivity index (χ0) is 15.0. The van der Waals surface area contributed by atoms with Crippen molar-refractivity contribution in [2.75, 3.05) is 5.73 Å². The summed E-state index contributed by atoms with van der Waals surface area (Å²) in [5.41, 5.74) is 9.76. The summed E-state index contributed by atoms with van der Waals surface area (Å²) in [7, 11) is 0. The predicted octanol–water partition coefficient (Wildman–Crippen LogP) is 3.07. The number of aromatic nitrogens is 1. The van der Waals surface area contributed by atoms with Crippen LogP contribution in [0.3, 0.4) is 0 Å². The molecule has 1 atom stereocenters. The van der Waals surface area contributed by atoms with Crippen LogP contribution in [-0.2, 0) is 6.42 Å². The molecule has 1 amide bonds. The number of hydrogen-bond acceptors (Lipinski definition) is 2. The van der Waals surface area contributed by atoms with Gasteiger partial charge in [-0.25, -0.2) is 0 Å². The maximum atomic E-state index is 12.5. The molecule has 1 aromatic carbocycles. The highest BCUT2D eigenvalue weighted by Gasteiger charge is 2.25. The van der Waals surface area contributed by atoms with Gasteiger partial charge in [-0.15, -0.1) is 0 Å². The third kappa shape index (κ3) is 2.53. The van der Waals surface area contributed by atoms with Crippen molar-refractivity contribution in [2.24, 2.45) is 0 Å². The first-order valence-electron chi connectivity index (χ1n) is 7.42. The maximum absolute atomic E-state index is 12.5. The fraction of sp³-hybridized carbons (Fsp3) is 0.353. The smallest absolute Gasteiger partial charge is 0.268 e. The number of nitrogens with one attached hydrogen (secondary N) is 1. The maximum Gasteiger partial charge on any atom is 0.268 e. The van der Waals surface area contributed by atoms with Gasteiger partial charge >= 0.3 is 0 Å². The SMILES string of the molecule is CC(C)n1cccc1C(=O)NC1CCc2cc(N)ccc21. The number of amides is 1. The Labute approximate surface area is 125 Å². The fourth-order valence-corrected chi connectivity index (χ4v) is 3.06. The number of anilines is 1. The highest BCUT2D eigenvalue weighted by Crippen LogP contribution is 2.32.